The van der Waals surface area contributed by atoms with Crippen LogP contribution in [0.25, 0.3) is 5.76 Å². The van der Waals surface area contributed by atoms with Crippen molar-refractivity contribution < 1.29 is 14.6 Å². The Morgan fingerprint density at radius 2 is 1.55 bits per heavy atom. The molecule has 1 aromatic carbocycles. The predicted molar refractivity (Wildman–Crippen MR) is 122 cm³/mol. The smallest absolute Gasteiger partial charge is 0.184 e. The van der Waals surface area contributed by atoms with E-state index < -0.39 is 0 Å². The number of carbonyl (C=O) groups is 1. The standard InChI is InChI=1S/C25H39NO3/c1-4-6-7-8-9-10-11-12-18-29-24-15-13-22(14-16-24)25(28)20-23(27)19-21(3)26-17-5-2/h13-16,19-20,26,28H,4-12,17-18H2,1-3H3/b21-19+,25-20-. The zero-order valence-electron chi connectivity index (χ0n) is 18.5. The maximum atomic E-state index is 12.0. The van der Waals surface area contributed by atoms with Crippen LogP contribution in [0.2, 0.25) is 0 Å². The van der Waals surface area contributed by atoms with E-state index in [4.69, 9.17) is 4.74 Å². The molecule has 2 N–H and O–H groups in total. The van der Waals surface area contributed by atoms with Crippen molar-refractivity contribution in [3.8, 4) is 5.75 Å². The van der Waals surface area contributed by atoms with Crippen molar-refractivity contribution in [3.63, 3.8) is 0 Å². The maximum Gasteiger partial charge on any atom is 0.184 e. The van der Waals surface area contributed by atoms with Gasteiger partial charge >= 0.3 is 0 Å². The van der Waals surface area contributed by atoms with Gasteiger partial charge in [0.05, 0.1) is 6.61 Å². The van der Waals surface area contributed by atoms with Crippen molar-refractivity contribution in [1.29, 1.82) is 0 Å². The molecule has 0 heterocycles. The summed E-state index contributed by atoms with van der Waals surface area (Å²) >= 11 is 0. The van der Waals surface area contributed by atoms with E-state index in [1.807, 2.05) is 19.1 Å². The van der Waals surface area contributed by atoms with Crippen LogP contribution in [0.15, 0.2) is 42.1 Å². The zero-order chi connectivity index (χ0) is 21.3. The molecule has 0 radical (unpaired) electrons. The third-order valence-corrected chi connectivity index (χ3v) is 4.71. The van der Waals surface area contributed by atoms with Gasteiger partial charge in [0.25, 0.3) is 0 Å². The van der Waals surface area contributed by atoms with Gasteiger partial charge in [0.15, 0.2) is 5.78 Å². The van der Waals surface area contributed by atoms with Gasteiger partial charge in [0.1, 0.15) is 11.5 Å². The van der Waals surface area contributed by atoms with E-state index >= 15 is 0 Å². The van der Waals surface area contributed by atoms with Crippen LogP contribution in [-0.2, 0) is 4.79 Å². The molecule has 4 heteroatoms. The van der Waals surface area contributed by atoms with E-state index in [0.29, 0.717) is 12.2 Å². The van der Waals surface area contributed by atoms with Crippen molar-refractivity contribution in [1.82, 2.24) is 5.32 Å². The second kappa shape index (κ2) is 15.7. The number of hydrogen-bond acceptors (Lipinski definition) is 4. The second-order valence-corrected chi connectivity index (χ2v) is 7.53. The summed E-state index contributed by atoms with van der Waals surface area (Å²) in [5.74, 6) is 0.512. The first-order valence-electron chi connectivity index (χ1n) is 11.2. The number of aliphatic hydroxyl groups excluding tert-OH is 1. The molecule has 0 amide bonds. The van der Waals surface area contributed by atoms with Crippen LogP contribution in [-0.4, -0.2) is 24.0 Å². The third kappa shape index (κ3) is 12.0. The monoisotopic (exact) mass is 401 g/mol. The van der Waals surface area contributed by atoms with Crippen molar-refractivity contribution in [2.45, 2.75) is 78.6 Å². The quantitative estimate of drug-likeness (QED) is 0.187. The molecule has 4 nitrogen and oxygen atoms in total. The van der Waals surface area contributed by atoms with Crippen LogP contribution in [0.1, 0.15) is 84.1 Å². The number of carbonyl (C=O) groups excluding carboxylic acids is 1. The highest BCUT2D eigenvalue weighted by Gasteiger charge is 2.03. The summed E-state index contributed by atoms with van der Waals surface area (Å²) < 4.78 is 5.77. The molecule has 0 atom stereocenters. The van der Waals surface area contributed by atoms with E-state index in [1.165, 1.54) is 57.1 Å². The van der Waals surface area contributed by atoms with Gasteiger partial charge in [-0.15, -0.1) is 0 Å². The fourth-order valence-electron chi connectivity index (χ4n) is 2.99. The van der Waals surface area contributed by atoms with Gasteiger partial charge in [-0.2, -0.15) is 0 Å². The van der Waals surface area contributed by atoms with Crippen LogP contribution < -0.4 is 10.1 Å². The van der Waals surface area contributed by atoms with Crippen LogP contribution in [0.5, 0.6) is 5.75 Å². The van der Waals surface area contributed by atoms with Crippen LogP contribution in [0, 0.1) is 0 Å². The van der Waals surface area contributed by atoms with Crippen LogP contribution in [0.3, 0.4) is 0 Å². The molecular weight excluding hydrogens is 362 g/mol. The highest BCUT2D eigenvalue weighted by molar-refractivity contribution is 6.03. The van der Waals surface area contributed by atoms with Crippen LogP contribution >= 0.6 is 0 Å². The Bertz CT molecular complexity index is 632. The van der Waals surface area contributed by atoms with Crippen molar-refractivity contribution >= 4 is 11.5 Å². The number of aliphatic hydroxyl groups is 1. The highest BCUT2D eigenvalue weighted by Crippen LogP contribution is 2.18. The molecule has 0 fully saturated rings. The minimum absolute atomic E-state index is 0.0378. The number of ether oxygens (including phenoxy) is 1. The lowest BCUT2D eigenvalue weighted by Gasteiger charge is -2.07. The van der Waals surface area contributed by atoms with E-state index in [-0.39, 0.29) is 11.5 Å². The zero-order valence-corrected chi connectivity index (χ0v) is 18.5. The minimum atomic E-state index is -0.237. The molecule has 0 aromatic heterocycles. The minimum Gasteiger partial charge on any atom is -0.507 e. The van der Waals surface area contributed by atoms with Gasteiger partial charge in [-0.25, -0.2) is 0 Å². The molecule has 0 aliphatic carbocycles. The molecule has 162 valence electrons. The van der Waals surface area contributed by atoms with E-state index in [1.54, 1.807) is 12.1 Å². The Morgan fingerprint density at radius 3 is 2.17 bits per heavy atom. The summed E-state index contributed by atoms with van der Waals surface area (Å²) in [7, 11) is 0. The molecule has 0 spiro atoms. The summed E-state index contributed by atoms with van der Waals surface area (Å²) in [5, 5.41) is 13.3. The lowest BCUT2D eigenvalue weighted by atomic mass is 10.1. The Balaban J connectivity index is 2.34. The number of unbranched alkanes of at least 4 members (excludes halogenated alkanes) is 7. The van der Waals surface area contributed by atoms with Gasteiger partial charge in [0.2, 0.25) is 0 Å². The normalized spacial score (nSPS) is 12.1. The first kappa shape index (κ1) is 24.8. The average Bonchev–Trinajstić information content (AvgIpc) is 2.71. The van der Waals surface area contributed by atoms with Gasteiger partial charge < -0.3 is 15.2 Å². The van der Waals surface area contributed by atoms with Crippen molar-refractivity contribution in [2.75, 3.05) is 13.2 Å². The molecule has 29 heavy (non-hydrogen) atoms. The summed E-state index contributed by atoms with van der Waals surface area (Å²) in [6.07, 6.45) is 14.0. The number of benzene rings is 1. The van der Waals surface area contributed by atoms with Gasteiger partial charge in [-0.05, 0) is 44.0 Å². The number of nitrogens with one attached hydrogen (secondary N) is 1. The van der Waals surface area contributed by atoms with E-state index in [2.05, 4.69) is 19.2 Å². The summed E-state index contributed by atoms with van der Waals surface area (Å²) in [6.45, 7) is 7.69. The molecule has 0 saturated carbocycles. The van der Waals surface area contributed by atoms with Crippen LogP contribution in [0.4, 0.5) is 0 Å². The molecule has 1 aromatic rings. The number of allylic oxidation sites excluding steroid dienone is 3. The first-order valence-corrected chi connectivity index (χ1v) is 11.2. The summed E-state index contributed by atoms with van der Waals surface area (Å²) in [4.78, 5) is 12.0. The second-order valence-electron chi connectivity index (χ2n) is 7.53. The van der Waals surface area contributed by atoms with Gasteiger partial charge in [-0.1, -0.05) is 58.8 Å². The Labute approximate surface area is 177 Å². The largest absolute Gasteiger partial charge is 0.507 e. The molecule has 0 saturated heterocycles. The fourth-order valence-corrected chi connectivity index (χ4v) is 2.99. The first-order chi connectivity index (χ1) is 14.1. The third-order valence-electron chi connectivity index (χ3n) is 4.71. The average molecular weight is 402 g/mol. The Kier molecular flexibility index (Phi) is 13.4. The summed E-state index contributed by atoms with van der Waals surface area (Å²) in [6, 6.07) is 7.21. The fraction of sp³-hybridized carbons (Fsp3) is 0.560. The number of ketones is 1. The number of rotatable bonds is 16. The molecule has 0 unspecified atom stereocenters. The summed E-state index contributed by atoms with van der Waals surface area (Å²) in [5.41, 5.74) is 1.40. The Morgan fingerprint density at radius 1 is 0.931 bits per heavy atom. The topological polar surface area (TPSA) is 58.6 Å². The van der Waals surface area contributed by atoms with Crippen molar-refractivity contribution in [2.24, 2.45) is 0 Å². The molecule has 0 bridgehead atoms. The molecule has 1 rings (SSSR count). The van der Waals surface area contributed by atoms with Gasteiger partial charge in [-0.3, -0.25) is 4.79 Å². The van der Waals surface area contributed by atoms with Gasteiger partial charge in [0, 0.05) is 30.0 Å². The molecular formula is C25H39NO3. The van der Waals surface area contributed by atoms with Crippen molar-refractivity contribution in [3.05, 3.63) is 47.7 Å². The Hall–Kier alpha value is -2.23. The highest BCUT2D eigenvalue weighted by atomic mass is 16.5. The predicted octanol–water partition coefficient (Wildman–Crippen LogP) is 6.58. The lowest BCUT2D eigenvalue weighted by Crippen LogP contribution is -2.12. The SMILES string of the molecule is CCCCCCCCCCOc1ccc(/C(O)=C/C(=O)/C=C(\C)NCCC)cc1. The molecule has 0 aliphatic heterocycles. The molecule has 0 aliphatic rings. The van der Waals surface area contributed by atoms with E-state index in [9.17, 15) is 9.90 Å². The lowest BCUT2D eigenvalue weighted by molar-refractivity contribution is -0.110. The van der Waals surface area contributed by atoms with E-state index in [0.717, 1.165) is 30.8 Å². The maximum absolute atomic E-state index is 12.0. The number of hydrogen-bond donors (Lipinski definition) is 2.